The molecule has 0 unspecified atom stereocenters. The van der Waals surface area contributed by atoms with Crippen LogP contribution in [0, 0.1) is 0 Å². The summed E-state index contributed by atoms with van der Waals surface area (Å²) in [6.07, 6.45) is 0. The second kappa shape index (κ2) is 8.29. The quantitative estimate of drug-likeness (QED) is 0.345. The van der Waals surface area contributed by atoms with E-state index in [0.717, 1.165) is 5.39 Å². The van der Waals surface area contributed by atoms with E-state index >= 15 is 0 Å². The second-order valence-electron chi connectivity index (χ2n) is 8.48. The van der Waals surface area contributed by atoms with Gasteiger partial charge in [-0.2, -0.15) is 0 Å². The minimum Gasteiger partial charge on any atom is -0.422 e. The van der Waals surface area contributed by atoms with Gasteiger partial charge in [0.25, 0.3) is 5.91 Å². The Bertz CT molecular complexity index is 1800. The number of ketones is 2. The second-order valence-corrected chi connectivity index (χ2v) is 8.48. The van der Waals surface area contributed by atoms with E-state index in [1.165, 1.54) is 6.07 Å². The lowest BCUT2D eigenvalue weighted by molar-refractivity contribution is 0.0979. The standard InChI is InChI=1S/C30H17NO5/c32-27-21-9-2-3-10-22(21)28(33)25-16-20(12-13-23(25)27)31-29(34)19-8-5-7-17(14-19)24-15-18-6-1-4-11-26(18)36-30(24)35/h1-16H,(H,31,34). The lowest BCUT2D eigenvalue weighted by Gasteiger charge is -2.18. The van der Waals surface area contributed by atoms with Crippen LogP contribution in [-0.2, 0) is 0 Å². The van der Waals surface area contributed by atoms with E-state index in [9.17, 15) is 19.2 Å². The van der Waals surface area contributed by atoms with Crippen LogP contribution < -0.4 is 10.9 Å². The SMILES string of the molecule is O=C(Nc1ccc2c(c1)C(=O)c1ccccc1C2=O)c1cccc(-c2cc3ccccc3oc2=O)c1. The third kappa shape index (κ3) is 3.52. The maximum Gasteiger partial charge on any atom is 0.344 e. The predicted molar refractivity (Wildman–Crippen MR) is 136 cm³/mol. The van der Waals surface area contributed by atoms with Crippen molar-refractivity contribution in [2.75, 3.05) is 5.32 Å². The molecular weight excluding hydrogens is 454 g/mol. The van der Waals surface area contributed by atoms with Crippen LogP contribution in [0.25, 0.3) is 22.1 Å². The van der Waals surface area contributed by atoms with Crippen molar-refractivity contribution in [1.82, 2.24) is 0 Å². The van der Waals surface area contributed by atoms with Crippen LogP contribution >= 0.6 is 0 Å². The molecule has 1 aliphatic rings. The fourth-order valence-electron chi connectivity index (χ4n) is 4.47. The number of rotatable bonds is 3. The van der Waals surface area contributed by atoms with Crippen molar-refractivity contribution in [3.8, 4) is 11.1 Å². The van der Waals surface area contributed by atoms with Gasteiger partial charge in [-0.05, 0) is 48.0 Å². The van der Waals surface area contributed by atoms with Crippen molar-refractivity contribution in [1.29, 1.82) is 0 Å². The van der Waals surface area contributed by atoms with Crippen molar-refractivity contribution >= 4 is 34.1 Å². The van der Waals surface area contributed by atoms with Gasteiger partial charge in [0.05, 0.1) is 5.56 Å². The zero-order valence-electron chi connectivity index (χ0n) is 18.8. The summed E-state index contributed by atoms with van der Waals surface area (Å²) in [5, 5.41) is 3.56. The molecule has 1 aliphatic carbocycles. The average molecular weight is 471 g/mol. The van der Waals surface area contributed by atoms with Crippen LogP contribution in [0.2, 0.25) is 0 Å². The van der Waals surface area contributed by atoms with Gasteiger partial charge in [0.1, 0.15) is 5.58 Å². The lowest BCUT2D eigenvalue weighted by Crippen LogP contribution is -2.21. The normalized spacial score (nSPS) is 12.2. The summed E-state index contributed by atoms with van der Waals surface area (Å²) in [6, 6.07) is 27.0. The number of para-hydroxylation sites is 1. The molecule has 1 amide bonds. The van der Waals surface area contributed by atoms with Gasteiger partial charge in [-0.1, -0.05) is 54.6 Å². The molecule has 1 heterocycles. The molecule has 4 aromatic carbocycles. The summed E-state index contributed by atoms with van der Waals surface area (Å²) in [6.45, 7) is 0. The first kappa shape index (κ1) is 21.4. The van der Waals surface area contributed by atoms with Crippen molar-refractivity contribution in [2.45, 2.75) is 0 Å². The monoisotopic (exact) mass is 471 g/mol. The van der Waals surface area contributed by atoms with E-state index in [1.807, 2.05) is 12.1 Å². The fraction of sp³-hybridized carbons (Fsp3) is 0. The highest BCUT2D eigenvalue weighted by Crippen LogP contribution is 2.29. The molecule has 36 heavy (non-hydrogen) atoms. The number of benzene rings is 4. The maximum absolute atomic E-state index is 13.0. The zero-order chi connectivity index (χ0) is 24.8. The minimum atomic E-state index is -0.496. The number of nitrogens with one attached hydrogen (secondary N) is 1. The summed E-state index contributed by atoms with van der Waals surface area (Å²) in [4.78, 5) is 51.4. The fourth-order valence-corrected chi connectivity index (χ4v) is 4.47. The molecule has 6 heteroatoms. The zero-order valence-corrected chi connectivity index (χ0v) is 18.8. The van der Waals surface area contributed by atoms with E-state index in [1.54, 1.807) is 78.9 Å². The molecule has 0 saturated heterocycles. The average Bonchev–Trinajstić information content (AvgIpc) is 2.91. The molecule has 1 aromatic heterocycles. The molecule has 0 fully saturated rings. The molecule has 0 spiro atoms. The highest BCUT2D eigenvalue weighted by Gasteiger charge is 2.29. The third-order valence-electron chi connectivity index (χ3n) is 6.26. The van der Waals surface area contributed by atoms with Gasteiger partial charge in [-0.15, -0.1) is 0 Å². The predicted octanol–water partition coefficient (Wildman–Crippen LogP) is 5.49. The highest BCUT2D eigenvalue weighted by molar-refractivity contribution is 6.28. The third-order valence-corrected chi connectivity index (χ3v) is 6.26. The molecule has 0 atom stereocenters. The van der Waals surface area contributed by atoms with Crippen molar-refractivity contribution < 1.29 is 18.8 Å². The summed E-state index contributed by atoms with van der Waals surface area (Å²) in [5.41, 5.74) is 2.88. The van der Waals surface area contributed by atoms with E-state index in [2.05, 4.69) is 5.32 Å². The van der Waals surface area contributed by atoms with Gasteiger partial charge in [0.15, 0.2) is 11.6 Å². The van der Waals surface area contributed by atoms with E-state index in [0.29, 0.717) is 44.7 Å². The maximum atomic E-state index is 13.0. The van der Waals surface area contributed by atoms with Crippen molar-refractivity contribution in [3.63, 3.8) is 0 Å². The number of hydrogen-bond acceptors (Lipinski definition) is 5. The Morgan fingerprint density at radius 3 is 2.11 bits per heavy atom. The Balaban J connectivity index is 1.31. The van der Waals surface area contributed by atoms with Gasteiger partial charge >= 0.3 is 5.63 Å². The van der Waals surface area contributed by atoms with Crippen LogP contribution in [0.1, 0.15) is 42.2 Å². The Labute approximate surface area is 204 Å². The molecule has 0 saturated carbocycles. The topological polar surface area (TPSA) is 93.4 Å². The highest BCUT2D eigenvalue weighted by atomic mass is 16.4. The Kier molecular flexibility index (Phi) is 4.93. The summed E-state index contributed by atoms with van der Waals surface area (Å²) >= 11 is 0. The van der Waals surface area contributed by atoms with Crippen LogP contribution in [0.5, 0.6) is 0 Å². The Morgan fingerprint density at radius 2 is 1.31 bits per heavy atom. The first-order chi connectivity index (χ1) is 17.5. The number of hydrogen-bond donors (Lipinski definition) is 1. The molecule has 1 N–H and O–H groups in total. The molecule has 0 aliphatic heterocycles. The largest absolute Gasteiger partial charge is 0.422 e. The van der Waals surface area contributed by atoms with Crippen LogP contribution in [0.15, 0.2) is 106 Å². The lowest BCUT2D eigenvalue weighted by atomic mass is 9.84. The molecule has 0 bridgehead atoms. The summed E-state index contributed by atoms with van der Waals surface area (Å²) in [5.74, 6) is -0.904. The number of fused-ring (bicyclic) bond motifs is 3. The molecule has 5 aromatic rings. The smallest absolute Gasteiger partial charge is 0.344 e. The molecular formula is C30H17NO5. The van der Waals surface area contributed by atoms with Gasteiger partial charge < -0.3 is 9.73 Å². The molecule has 6 rings (SSSR count). The van der Waals surface area contributed by atoms with Crippen molar-refractivity contribution in [2.24, 2.45) is 0 Å². The number of carbonyl (C=O) groups is 3. The van der Waals surface area contributed by atoms with Crippen LogP contribution in [0.4, 0.5) is 5.69 Å². The number of anilines is 1. The molecule has 0 radical (unpaired) electrons. The first-order valence-corrected chi connectivity index (χ1v) is 11.3. The number of carbonyl (C=O) groups excluding carboxylic acids is 3. The Hall–Kier alpha value is -5.10. The van der Waals surface area contributed by atoms with E-state index in [4.69, 9.17) is 4.42 Å². The minimum absolute atomic E-state index is 0.222. The molecule has 6 nitrogen and oxygen atoms in total. The molecule has 172 valence electrons. The number of amides is 1. The van der Waals surface area contributed by atoms with Gasteiger partial charge in [0, 0.05) is 38.9 Å². The van der Waals surface area contributed by atoms with E-state index < -0.39 is 11.5 Å². The van der Waals surface area contributed by atoms with Gasteiger partial charge in [-0.3, -0.25) is 14.4 Å². The van der Waals surface area contributed by atoms with Gasteiger partial charge in [0.2, 0.25) is 0 Å². The van der Waals surface area contributed by atoms with E-state index in [-0.39, 0.29) is 17.1 Å². The van der Waals surface area contributed by atoms with Crippen molar-refractivity contribution in [3.05, 3.63) is 135 Å². The first-order valence-electron chi connectivity index (χ1n) is 11.3. The Morgan fingerprint density at radius 1 is 0.611 bits per heavy atom. The summed E-state index contributed by atoms with van der Waals surface area (Å²) < 4.78 is 5.42. The van der Waals surface area contributed by atoms with Gasteiger partial charge in [-0.25, -0.2) is 4.79 Å². The summed E-state index contributed by atoms with van der Waals surface area (Å²) in [7, 11) is 0. The van der Waals surface area contributed by atoms with Crippen LogP contribution in [-0.4, -0.2) is 17.5 Å². The van der Waals surface area contributed by atoms with Crippen LogP contribution in [0.3, 0.4) is 0 Å².